The van der Waals surface area contributed by atoms with Crippen LogP contribution >= 0.6 is 0 Å². The SMILES string of the molecule is CCC1=C(C)[C@@]([C@H]2OC(C(C)(C)C)=CC(C(C)(C)C)O2)([C@@H]2Cc3cc(C)ccc3-c3ccc(c(C)c3)N2C)C1. The molecule has 0 radical (unpaired) electrons. The number of ether oxygens (including phenoxy) is 2. The van der Waals surface area contributed by atoms with Gasteiger partial charge >= 0.3 is 0 Å². The normalized spacial score (nSPS) is 27.2. The van der Waals surface area contributed by atoms with E-state index in [9.17, 15) is 0 Å². The fraction of sp³-hybridized carbons (Fsp3) is 0.556. The molecule has 3 aliphatic heterocycles. The van der Waals surface area contributed by atoms with Gasteiger partial charge in [0.25, 0.3) is 0 Å². The summed E-state index contributed by atoms with van der Waals surface area (Å²) in [5, 5.41) is 0. The second-order valence-corrected chi connectivity index (χ2v) is 14.4. The lowest BCUT2D eigenvalue weighted by Crippen LogP contribution is -2.61. The molecule has 2 aromatic carbocycles. The third-order valence-electron chi connectivity index (χ3n) is 9.61. The molecule has 2 bridgehead atoms. The molecule has 0 N–H and O–H groups in total. The van der Waals surface area contributed by atoms with Crippen LogP contribution in [0.1, 0.15) is 84.9 Å². The summed E-state index contributed by atoms with van der Waals surface area (Å²) < 4.78 is 14.1. The first-order chi connectivity index (χ1) is 18.2. The van der Waals surface area contributed by atoms with Crippen LogP contribution in [0.3, 0.4) is 0 Å². The van der Waals surface area contributed by atoms with E-state index in [0.717, 1.165) is 25.0 Å². The summed E-state index contributed by atoms with van der Waals surface area (Å²) in [6.07, 6.45) is 4.89. The van der Waals surface area contributed by atoms with Gasteiger partial charge in [0.15, 0.2) is 0 Å². The van der Waals surface area contributed by atoms with Gasteiger partial charge < -0.3 is 14.4 Å². The first-order valence-corrected chi connectivity index (χ1v) is 14.8. The molecule has 6 rings (SSSR count). The number of likely N-dealkylation sites (N-methyl/N-ethyl adjacent to an activating group) is 1. The molecule has 0 aromatic heterocycles. The van der Waals surface area contributed by atoms with Crippen LogP contribution in [0.25, 0.3) is 11.1 Å². The van der Waals surface area contributed by atoms with Gasteiger partial charge in [0, 0.05) is 24.2 Å². The Labute approximate surface area is 237 Å². The van der Waals surface area contributed by atoms with Crippen molar-refractivity contribution in [3.05, 3.63) is 76.1 Å². The van der Waals surface area contributed by atoms with Gasteiger partial charge in [0.1, 0.15) is 5.76 Å². The summed E-state index contributed by atoms with van der Waals surface area (Å²) in [6, 6.07) is 14.1. The lowest BCUT2D eigenvalue weighted by molar-refractivity contribution is -0.240. The fourth-order valence-corrected chi connectivity index (χ4v) is 7.05. The van der Waals surface area contributed by atoms with E-state index in [2.05, 4.69) is 124 Å². The number of hydrogen-bond acceptors (Lipinski definition) is 3. The minimum atomic E-state index is -0.351. The first kappa shape index (κ1) is 28.0. The lowest BCUT2D eigenvalue weighted by Gasteiger charge is -2.58. The van der Waals surface area contributed by atoms with Crippen LogP contribution in [0.15, 0.2) is 59.4 Å². The minimum Gasteiger partial charge on any atom is -0.468 e. The second kappa shape index (κ2) is 9.54. The average molecular weight is 528 g/mol. The Morgan fingerprint density at radius 2 is 1.69 bits per heavy atom. The number of fused-ring (bicyclic) bond motifs is 4. The Hall–Kier alpha value is -2.52. The summed E-state index contributed by atoms with van der Waals surface area (Å²) in [6.45, 7) is 22.7. The largest absolute Gasteiger partial charge is 0.468 e. The van der Waals surface area contributed by atoms with Gasteiger partial charge in [-0.15, -0.1) is 0 Å². The first-order valence-electron chi connectivity index (χ1n) is 14.8. The molecular weight excluding hydrogens is 478 g/mol. The van der Waals surface area contributed by atoms with Crippen molar-refractivity contribution in [1.82, 2.24) is 0 Å². The number of nitrogens with zero attached hydrogens (tertiary/aromatic N) is 1. The molecule has 0 saturated heterocycles. The minimum absolute atomic E-state index is 0.0161. The maximum atomic E-state index is 7.06. The Kier molecular flexibility index (Phi) is 6.86. The zero-order chi connectivity index (χ0) is 28.5. The van der Waals surface area contributed by atoms with E-state index in [4.69, 9.17) is 9.47 Å². The van der Waals surface area contributed by atoms with Crippen molar-refractivity contribution in [1.29, 1.82) is 0 Å². The highest BCUT2D eigenvalue weighted by Gasteiger charge is 2.59. The predicted octanol–water partition coefficient (Wildman–Crippen LogP) is 9.17. The third-order valence-corrected chi connectivity index (χ3v) is 9.61. The van der Waals surface area contributed by atoms with E-state index < -0.39 is 0 Å². The van der Waals surface area contributed by atoms with Crippen LogP contribution in [-0.2, 0) is 15.9 Å². The summed E-state index contributed by atoms with van der Waals surface area (Å²) in [4.78, 5) is 2.54. The van der Waals surface area contributed by atoms with E-state index in [1.54, 1.807) is 5.57 Å². The Bertz CT molecular complexity index is 1330. The number of benzene rings is 2. The summed E-state index contributed by atoms with van der Waals surface area (Å²) in [5.41, 5.74) is 10.6. The van der Waals surface area contributed by atoms with Crippen molar-refractivity contribution in [2.75, 3.05) is 11.9 Å². The predicted molar refractivity (Wildman–Crippen MR) is 164 cm³/mol. The summed E-state index contributed by atoms with van der Waals surface area (Å²) >= 11 is 0. The van der Waals surface area contributed by atoms with Gasteiger partial charge in [-0.05, 0) is 85.9 Å². The maximum Gasteiger partial charge on any atom is 0.211 e. The van der Waals surface area contributed by atoms with Gasteiger partial charge in [0.05, 0.1) is 11.5 Å². The van der Waals surface area contributed by atoms with Crippen LogP contribution in [0.5, 0.6) is 0 Å². The van der Waals surface area contributed by atoms with Gasteiger partial charge in [-0.25, -0.2) is 0 Å². The zero-order valence-electron chi connectivity index (χ0n) is 26.2. The number of anilines is 1. The molecule has 3 heterocycles. The molecule has 0 fully saturated rings. The van der Waals surface area contributed by atoms with Crippen molar-refractivity contribution in [3.63, 3.8) is 0 Å². The molecule has 4 atom stereocenters. The second-order valence-electron chi connectivity index (χ2n) is 14.4. The molecule has 3 nitrogen and oxygen atoms in total. The molecule has 210 valence electrons. The topological polar surface area (TPSA) is 21.7 Å². The van der Waals surface area contributed by atoms with Gasteiger partial charge in [0.2, 0.25) is 6.29 Å². The smallest absolute Gasteiger partial charge is 0.211 e. The zero-order valence-corrected chi connectivity index (χ0v) is 26.2. The highest BCUT2D eigenvalue weighted by molar-refractivity contribution is 5.73. The van der Waals surface area contributed by atoms with Crippen LogP contribution in [-0.4, -0.2) is 25.5 Å². The average Bonchev–Trinajstić information content (AvgIpc) is 2.93. The number of allylic oxidation sites excluding steroid dienone is 2. The summed E-state index contributed by atoms with van der Waals surface area (Å²) in [7, 11) is 2.29. The van der Waals surface area contributed by atoms with Crippen molar-refractivity contribution in [3.8, 4) is 11.1 Å². The number of aryl methyl sites for hydroxylation is 2. The van der Waals surface area contributed by atoms with E-state index in [0.29, 0.717) is 0 Å². The van der Waals surface area contributed by atoms with Crippen molar-refractivity contribution >= 4 is 5.69 Å². The van der Waals surface area contributed by atoms with Crippen LogP contribution in [0, 0.1) is 30.1 Å². The number of rotatable bonds is 3. The van der Waals surface area contributed by atoms with Gasteiger partial charge in [-0.3, -0.25) is 0 Å². The highest BCUT2D eigenvalue weighted by atomic mass is 16.7. The Morgan fingerprint density at radius 1 is 0.974 bits per heavy atom. The number of hydrogen-bond donors (Lipinski definition) is 0. The molecule has 0 amide bonds. The molecule has 39 heavy (non-hydrogen) atoms. The quantitative estimate of drug-likeness (QED) is 0.371. The van der Waals surface area contributed by atoms with E-state index >= 15 is 0 Å². The Balaban J connectivity index is 1.71. The molecule has 3 heteroatoms. The summed E-state index contributed by atoms with van der Waals surface area (Å²) in [5.74, 6) is 1.05. The molecular formula is C36H49NO2. The van der Waals surface area contributed by atoms with E-state index in [-0.39, 0.29) is 34.7 Å². The molecule has 0 saturated carbocycles. The van der Waals surface area contributed by atoms with Crippen LogP contribution < -0.4 is 4.90 Å². The maximum absolute atomic E-state index is 7.06. The van der Waals surface area contributed by atoms with Crippen molar-refractivity contribution in [2.45, 2.75) is 107 Å². The molecule has 0 spiro atoms. The van der Waals surface area contributed by atoms with Crippen molar-refractivity contribution < 1.29 is 9.47 Å². The molecule has 4 aliphatic rings. The van der Waals surface area contributed by atoms with Crippen LogP contribution in [0.4, 0.5) is 5.69 Å². The van der Waals surface area contributed by atoms with Gasteiger partial charge in [-0.2, -0.15) is 0 Å². The Morgan fingerprint density at radius 3 is 2.28 bits per heavy atom. The van der Waals surface area contributed by atoms with Crippen molar-refractivity contribution in [2.24, 2.45) is 16.2 Å². The fourth-order valence-electron chi connectivity index (χ4n) is 7.05. The molecule has 1 unspecified atom stereocenters. The molecule has 1 aliphatic carbocycles. The van der Waals surface area contributed by atoms with E-state index in [1.807, 2.05) is 0 Å². The molecule has 2 aromatic rings. The van der Waals surface area contributed by atoms with Gasteiger partial charge in [-0.1, -0.05) is 89.4 Å². The highest BCUT2D eigenvalue weighted by Crippen LogP contribution is 2.58. The van der Waals surface area contributed by atoms with Crippen LogP contribution in [0.2, 0.25) is 0 Å². The van der Waals surface area contributed by atoms with E-state index in [1.165, 1.54) is 39.1 Å². The monoisotopic (exact) mass is 527 g/mol. The standard InChI is InChI=1S/C36H49NO2/c1-12-25-21-36(24(25)4,33-38-31(34(5,6)7)20-32(39-33)35(8,9)10)30-19-27-17-22(2)13-15-28(27)26-14-16-29(37(30)11)23(3)18-26/h13-18,20,30-31,33H,12,19,21H2,1-11H3/t30-,31?,33+,36+/m0/s1. The lowest BCUT2D eigenvalue weighted by atomic mass is 9.57. The third kappa shape index (κ3) is 4.65.